The summed E-state index contributed by atoms with van der Waals surface area (Å²) in [6, 6.07) is 0. The summed E-state index contributed by atoms with van der Waals surface area (Å²) in [5, 5.41) is 16.0. The smallest absolute Gasteiger partial charge is 0.224 e. The van der Waals surface area contributed by atoms with E-state index in [4.69, 9.17) is 0 Å². The van der Waals surface area contributed by atoms with E-state index < -0.39 is 6.10 Å². The lowest BCUT2D eigenvalue weighted by Crippen LogP contribution is -2.40. The molecule has 1 fully saturated rings. The largest absolute Gasteiger partial charge is 0.391 e. The predicted octanol–water partition coefficient (Wildman–Crippen LogP) is 0.755. The van der Waals surface area contributed by atoms with Gasteiger partial charge in [0.15, 0.2) is 0 Å². The van der Waals surface area contributed by atoms with Crippen LogP contribution < -0.4 is 10.6 Å². The summed E-state index contributed by atoms with van der Waals surface area (Å²) in [6.45, 7) is 8.28. The zero-order valence-electron chi connectivity index (χ0n) is 11.2. The van der Waals surface area contributed by atoms with Crippen LogP contribution in [0.2, 0.25) is 0 Å². The third-order valence-electron chi connectivity index (χ3n) is 3.93. The van der Waals surface area contributed by atoms with Crippen molar-refractivity contribution in [3.8, 4) is 0 Å². The van der Waals surface area contributed by atoms with Crippen LogP contribution in [0, 0.1) is 17.8 Å². The maximum Gasteiger partial charge on any atom is 0.224 e. The lowest BCUT2D eigenvalue weighted by atomic mass is 9.95. The Hall–Kier alpha value is -0.610. The van der Waals surface area contributed by atoms with Gasteiger partial charge >= 0.3 is 0 Å². The van der Waals surface area contributed by atoms with Crippen molar-refractivity contribution >= 4 is 5.91 Å². The third kappa shape index (κ3) is 3.96. The molecule has 0 saturated carbocycles. The summed E-state index contributed by atoms with van der Waals surface area (Å²) in [6.07, 6.45) is 1.49. The summed E-state index contributed by atoms with van der Waals surface area (Å²) in [5.74, 6) is 0.811. The number of carbonyl (C=O) groups is 1. The SMILES string of the molecule is CCC(CC)C(O)CNC(=O)[C@@H]1CNC[C@H]1C. The molecule has 1 amide bonds. The first-order chi connectivity index (χ1) is 8.10. The highest BCUT2D eigenvalue weighted by Crippen LogP contribution is 2.16. The summed E-state index contributed by atoms with van der Waals surface area (Å²) in [5.41, 5.74) is 0. The van der Waals surface area contributed by atoms with Crippen molar-refractivity contribution in [2.45, 2.75) is 39.7 Å². The quantitative estimate of drug-likeness (QED) is 0.644. The second kappa shape index (κ2) is 6.97. The van der Waals surface area contributed by atoms with Gasteiger partial charge in [-0.15, -0.1) is 0 Å². The molecule has 1 heterocycles. The molecule has 1 aliphatic heterocycles. The van der Waals surface area contributed by atoms with Crippen molar-refractivity contribution in [1.82, 2.24) is 10.6 Å². The van der Waals surface area contributed by atoms with Gasteiger partial charge < -0.3 is 15.7 Å². The molecule has 17 heavy (non-hydrogen) atoms. The molecular weight excluding hydrogens is 216 g/mol. The number of aliphatic hydroxyl groups excluding tert-OH is 1. The van der Waals surface area contributed by atoms with E-state index in [2.05, 4.69) is 31.4 Å². The molecule has 0 aromatic carbocycles. The van der Waals surface area contributed by atoms with Crippen molar-refractivity contribution in [3.63, 3.8) is 0 Å². The molecule has 100 valence electrons. The zero-order valence-corrected chi connectivity index (χ0v) is 11.2. The van der Waals surface area contributed by atoms with Gasteiger partial charge in [0.2, 0.25) is 5.91 Å². The average Bonchev–Trinajstić information content (AvgIpc) is 2.74. The van der Waals surface area contributed by atoms with Gasteiger partial charge in [-0.25, -0.2) is 0 Å². The van der Waals surface area contributed by atoms with Crippen LogP contribution in [-0.2, 0) is 4.79 Å². The minimum absolute atomic E-state index is 0.0592. The van der Waals surface area contributed by atoms with Gasteiger partial charge in [-0.1, -0.05) is 33.6 Å². The molecular formula is C13H26N2O2. The Morgan fingerprint density at radius 1 is 1.41 bits per heavy atom. The van der Waals surface area contributed by atoms with Crippen molar-refractivity contribution in [3.05, 3.63) is 0 Å². The van der Waals surface area contributed by atoms with Crippen LogP contribution in [0.15, 0.2) is 0 Å². The van der Waals surface area contributed by atoms with Gasteiger partial charge in [0.05, 0.1) is 12.0 Å². The fraction of sp³-hybridized carbons (Fsp3) is 0.923. The molecule has 1 unspecified atom stereocenters. The molecule has 1 rings (SSSR count). The lowest BCUT2D eigenvalue weighted by Gasteiger charge is -2.22. The monoisotopic (exact) mass is 242 g/mol. The third-order valence-corrected chi connectivity index (χ3v) is 3.93. The van der Waals surface area contributed by atoms with E-state index in [1.54, 1.807) is 0 Å². The Morgan fingerprint density at radius 3 is 2.53 bits per heavy atom. The van der Waals surface area contributed by atoms with Gasteiger partial charge in [0.25, 0.3) is 0 Å². The van der Waals surface area contributed by atoms with Crippen LogP contribution >= 0.6 is 0 Å². The average molecular weight is 242 g/mol. The molecule has 1 aliphatic rings. The minimum atomic E-state index is -0.418. The molecule has 0 aromatic rings. The molecule has 0 spiro atoms. The lowest BCUT2D eigenvalue weighted by molar-refractivity contribution is -0.126. The molecule has 4 nitrogen and oxygen atoms in total. The first-order valence-electron chi connectivity index (χ1n) is 6.76. The Bertz CT molecular complexity index is 242. The molecule has 1 saturated heterocycles. The van der Waals surface area contributed by atoms with E-state index in [0.29, 0.717) is 12.5 Å². The van der Waals surface area contributed by atoms with Crippen LogP contribution in [0.25, 0.3) is 0 Å². The van der Waals surface area contributed by atoms with Gasteiger partial charge in [-0.2, -0.15) is 0 Å². The van der Waals surface area contributed by atoms with E-state index in [-0.39, 0.29) is 17.7 Å². The highest BCUT2D eigenvalue weighted by molar-refractivity contribution is 5.79. The number of hydrogen-bond acceptors (Lipinski definition) is 3. The number of aliphatic hydroxyl groups is 1. The predicted molar refractivity (Wildman–Crippen MR) is 68.6 cm³/mol. The Labute approximate surface area is 104 Å². The van der Waals surface area contributed by atoms with Crippen LogP contribution in [0.3, 0.4) is 0 Å². The number of rotatable bonds is 6. The number of carbonyl (C=O) groups excluding carboxylic acids is 1. The standard InChI is InChI=1S/C13H26N2O2/c1-4-10(5-2)12(16)8-15-13(17)11-7-14-6-9(11)3/h9-12,14,16H,4-8H2,1-3H3,(H,15,17)/t9-,11-,12?/m1/s1. The Morgan fingerprint density at radius 2 is 2.06 bits per heavy atom. The zero-order chi connectivity index (χ0) is 12.8. The van der Waals surface area contributed by atoms with Crippen molar-refractivity contribution in [1.29, 1.82) is 0 Å². The highest BCUT2D eigenvalue weighted by Gasteiger charge is 2.29. The Balaban J connectivity index is 2.32. The minimum Gasteiger partial charge on any atom is -0.391 e. The maximum atomic E-state index is 11.9. The fourth-order valence-corrected chi connectivity index (χ4v) is 2.50. The van der Waals surface area contributed by atoms with Crippen molar-refractivity contribution < 1.29 is 9.90 Å². The summed E-state index contributed by atoms with van der Waals surface area (Å²) < 4.78 is 0. The molecule has 3 atom stereocenters. The highest BCUT2D eigenvalue weighted by atomic mass is 16.3. The fourth-order valence-electron chi connectivity index (χ4n) is 2.50. The first kappa shape index (κ1) is 14.5. The number of nitrogens with one attached hydrogen (secondary N) is 2. The van der Waals surface area contributed by atoms with Crippen LogP contribution in [0.1, 0.15) is 33.6 Å². The molecule has 0 aromatic heterocycles. The topological polar surface area (TPSA) is 61.4 Å². The van der Waals surface area contributed by atoms with Crippen molar-refractivity contribution in [2.75, 3.05) is 19.6 Å². The number of amides is 1. The summed E-state index contributed by atoms with van der Waals surface area (Å²) in [7, 11) is 0. The Kier molecular flexibility index (Phi) is 5.92. The molecule has 0 bridgehead atoms. The van der Waals surface area contributed by atoms with Crippen LogP contribution in [0.5, 0.6) is 0 Å². The van der Waals surface area contributed by atoms with E-state index in [9.17, 15) is 9.90 Å². The normalized spacial score (nSPS) is 26.2. The second-order valence-corrected chi connectivity index (χ2v) is 5.13. The van der Waals surface area contributed by atoms with E-state index in [1.807, 2.05) is 0 Å². The van der Waals surface area contributed by atoms with Crippen LogP contribution in [0.4, 0.5) is 0 Å². The molecule has 4 heteroatoms. The van der Waals surface area contributed by atoms with E-state index in [0.717, 1.165) is 25.9 Å². The number of hydrogen-bond donors (Lipinski definition) is 3. The van der Waals surface area contributed by atoms with Crippen LogP contribution in [-0.4, -0.2) is 36.8 Å². The van der Waals surface area contributed by atoms with E-state index in [1.165, 1.54) is 0 Å². The van der Waals surface area contributed by atoms with Gasteiger partial charge in [-0.3, -0.25) is 4.79 Å². The first-order valence-corrected chi connectivity index (χ1v) is 6.76. The van der Waals surface area contributed by atoms with Crippen molar-refractivity contribution in [2.24, 2.45) is 17.8 Å². The van der Waals surface area contributed by atoms with Gasteiger partial charge in [-0.05, 0) is 18.4 Å². The van der Waals surface area contributed by atoms with E-state index >= 15 is 0 Å². The molecule has 0 aliphatic carbocycles. The van der Waals surface area contributed by atoms with Gasteiger partial charge in [0.1, 0.15) is 0 Å². The maximum absolute atomic E-state index is 11.9. The molecule has 0 radical (unpaired) electrons. The second-order valence-electron chi connectivity index (χ2n) is 5.13. The van der Waals surface area contributed by atoms with Gasteiger partial charge in [0, 0.05) is 13.1 Å². The molecule has 3 N–H and O–H groups in total. The summed E-state index contributed by atoms with van der Waals surface area (Å²) in [4.78, 5) is 11.9. The summed E-state index contributed by atoms with van der Waals surface area (Å²) >= 11 is 0.